The second-order valence-corrected chi connectivity index (χ2v) is 7.51. The van der Waals surface area contributed by atoms with E-state index in [0.29, 0.717) is 13.2 Å². The summed E-state index contributed by atoms with van der Waals surface area (Å²) in [5.74, 6) is 0.836. The van der Waals surface area contributed by atoms with Crippen molar-refractivity contribution in [3.63, 3.8) is 0 Å². The molecule has 1 aliphatic heterocycles. The maximum atomic E-state index is 10.8. The topological polar surface area (TPSA) is 32.7 Å². The number of rotatable bonds is 6. The van der Waals surface area contributed by atoms with Crippen LogP contribution in [0, 0.1) is 0 Å². The number of aliphatic hydroxyl groups excluding tert-OH is 1. The van der Waals surface area contributed by atoms with E-state index < -0.39 is 6.10 Å². The molecule has 3 aromatic rings. The average molecular weight is 386 g/mol. The zero-order valence-electron chi connectivity index (χ0n) is 16.7. The molecule has 0 radical (unpaired) electrons. The lowest BCUT2D eigenvalue weighted by Gasteiger charge is -2.35. The smallest absolute Gasteiger partial charge is 0.119 e. The van der Waals surface area contributed by atoms with Crippen LogP contribution in [0.25, 0.3) is 5.57 Å². The minimum atomic E-state index is -0.494. The molecule has 2 atom stereocenters. The fraction of sp³-hybridized carbons (Fsp3) is 0.231. The molecule has 0 aromatic heterocycles. The summed E-state index contributed by atoms with van der Waals surface area (Å²) in [7, 11) is 0. The van der Waals surface area contributed by atoms with Gasteiger partial charge in [0, 0.05) is 19.1 Å². The lowest BCUT2D eigenvalue weighted by molar-refractivity contribution is 0.126. The number of benzene rings is 3. The van der Waals surface area contributed by atoms with E-state index in [2.05, 4.69) is 54.3 Å². The van der Waals surface area contributed by atoms with Gasteiger partial charge in [-0.3, -0.25) is 4.90 Å². The first-order valence-corrected chi connectivity index (χ1v) is 10.1. The number of hydrogen-bond acceptors (Lipinski definition) is 3. The molecule has 1 heterocycles. The minimum Gasteiger partial charge on any atom is -0.489 e. The molecule has 3 nitrogen and oxygen atoms in total. The molecule has 0 saturated carbocycles. The van der Waals surface area contributed by atoms with Gasteiger partial charge >= 0.3 is 0 Å². The Hall–Kier alpha value is -2.88. The number of β-amino-alcohol motifs (C(OH)–C–C–N with tert-alkyl or cyclic N) is 1. The highest BCUT2D eigenvalue weighted by molar-refractivity contribution is 5.70. The molecule has 148 valence electrons. The van der Waals surface area contributed by atoms with Crippen molar-refractivity contribution in [1.29, 1.82) is 0 Å². The van der Waals surface area contributed by atoms with Crippen LogP contribution in [0.2, 0.25) is 0 Å². The molecular weight excluding hydrogens is 358 g/mol. The molecule has 0 bridgehead atoms. The zero-order chi connectivity index (χ0) is 20.1. The normalized spacial score (nSPS) is 18.1. The molecule has 0 saturated heterocycles. The highest BCUT2D eigenvalue weighted by Crippen LogP contribution is 2.29. The summed E-state index contributed by atoms with van der Waals surface area (Å²) in [4.78, 5) is 2.31. The SMILES string of the molecule is C[C@H](c1ccccc1)N1CC=C(c2ccc(OCc3ccccc3)cc2)C(O)C1. The molecule has 29 heavy (non-hydrogen) atoms. The summed E-state index contributed by atoms with van der Waals surface area (Å²) in [5, 5.41) is 10.8. The fourth-order valence-corrected chi connectivity index (χ4v) is 3.80. The van der Waals surface area contributed by atoms with Crippen molar-refractivity contribution in [3.05, 3.63) is 108 Å². The molecule has 3 aromatic carbocycles. The number of ether oxygens (including phenoxy) is 1. The first-order chi connectivity index (χ1) is 14.2. The second-order valence-electron chi connectivity index (χ2n) is 7.51. The van der Waals surface area contributed by atoms with Gasteiger partial charge in [0.05, 0.1) is 6.10 Å². The third kappa shape index (κ3) is 4.76. The Morgan fingerprint density at radius 1 is 0.931 bits per heavy atom. The van der Waals surface area contributed by atoms with Gasteiger partial charge in [-0.2, -0.15) is 0 Å². The second kappa shape index (κ2) is 9.08. The lowest BCUT2D eigenvalue weighted by atomic mass is 9.95. The first kappa shape index (κ1) is 19.4. The van der Waals surface area contributed by atoms with E-state index in [0.717, 1.165) is 29.0 Å². The Morgan fingerprint density at radius 2 is 1.59 bits per heavy atom. The van der Waals surface area contributed by atoms with E-state index >= 15 is 0 Å². The largest absolute Gasteiger partial charge is 0.489 e. The van der Waals surface area contributed by atoms with Gasteiger partial charge in [0.2, 0.25) is 0 Å². The molecule has 0 spiro atoms. The molecule has 4 rings (SSSR count). The Labute approximate surface area is 172 Å². The van der Waals surface area contributed by atoms with Crippen LogP contribution in [-0.4, -0.2) is 29.2 Å². The maximum absolute atomic E-state index is 10.8. The quantitative estimate of drug-likeness (QED) is 0.642. The molecule has 1 aliphatic rings. The third-order valence-corrected chi connectivity index (χ3v) is 5.58. The Kier molecular flexibility index (Phi) is 6.09. The Morgan fingerprint density at radius 3 is 2.24 bits per heavy atom. The zero-order valence-corrected chi connectivity index (χ0v) is 16.7. The molecular formula is C26H27NO2. The lowest BCUT2D eigenvalue weighted by Crippen LogP contribution is -2.38. The minimum absolute atomic E-state index is 0.275. The van der Waals surface area contributed by atoms with Crippen molar-refractivity contribution in [3.8, 4) is 5.75 Å². The standard InChI is InChI=1S/C26H27NO2/c1-20(22-10-6-3-7-11-22)27-17-16-25(26(28)18-27)23-12-14-24(15-13-23)29-19-21-8-4-2-5-9-21/h2-16,20,26,28H,17-19H2,1H3/t20-,26?/m1/s1. The Balaban J connectivity index is 1.40. The van der Waals surface area contributed by atoms with Crippen molar-refractivity contribution in [2.75, 3.05) is 13.1 Å². The molecule has 0 amide bonds. The van der Waals surface area contributed by atoms with Gasteiger partial charge in [0.15, 0.2) is 0 Å². The molecule has 1 unspecified atom stereocenters. The van der Waals surface area contributed by atoms with Crippen molar-refractivity contribution >= 4 is 5.57 Å². The fourth-order valence-electron chi connectivity index (χ4n) is 3.80. The van der Waals surface area contributed by atoms with Gasteiger partial charge in [-0.25, -0.2) is 0 Å². The van der Waals surface area contributed by atoms with Crippen LogP contribution in [0.4, 0.5) is 0 Å². The van der Waals surface area contributed by atoms with Crippen LogP contribution in [0.3, 0.4) is 0 Å². The van der Waals surface area contributed by atoms with Crippen molar-refractivity contribution in [2.24, 2.45) is 0 Å². The van der Waals surface area contributed by atoms with Crippen LogP contribution in [-0.2, 0) is 6.61 Å². The maximum Gasteiger partial charge on any atom is 0.119 e. The molecule has 1 N–H and O–H groups in total. The van der Waals surface area contributed by atoms with Crippen molar-refractivity contribution < 1.29 is 9.84 Å². The van der Waals surface area contributed by atoms with Crippen LogP contribution in [0.15, 0.2) is 91.0 Å². The van der Waals surface area contributed by atoms with Crippen LogP contribution in [0.1, 0.15) is 29.7 Å². The summed E-state index contributed by atoms with van der Waals surface area (Å²) >= 11 is 0. The molecule has 0 fully saturated rings. The van der Waals surface area contributed by atoms with Crippen LogP contribution >= 0.6 is 0 Å². The van der Waals surface area contributed by atoms with Crippen LogP contribution < -0.4 is 4.74 Å². The van der Waals surface area contributed by atoms with E-state index in [1.54, 1.807) is 0 Å². The van der Waals surface area contributed by atoms with E-state index in [1.807, 2.05) is 48.5 Å². The first-order valence-electron chi connectivity index (χ1n) is 10.1. The van der Waals surface area contributed by atoms with Gasteiger partial charge in [-0.1, -0.05) is 78.9 Å². The van der Waals surface area contributed by atoms with E-state index in [-0.39, 0.29) is 6.04 Å². The number of nitrogens with zero attached hydrogens (tertiary/aromatic N) is 1. The van der Waals surface area contributed by atoms with E-state index in [1.165, 1.54) is 5.56 Å². The number of aliphatic hydroxyl groups is 1. The highest BCUT2D eigenvalue weighted by atomic mass is 16.5. The summed E-state index contributed by atoms with van der Waals surface area (Å²) in [6.07, 6.45) is 1.65. The molecule has 0 aliphatic carbocycles. The van der Waals surface area contributed by atoms with Crippen molar-refractivity contribution in [1.82, 2.24) is 4.90 Å². The van der Waals surface area contributed by atoms with Gasteiger partial charge in [0.25, 0.3) is 0 Å². The number of hydrogen-bond donors (Lipinski definition) is 1. The van der Waals surface area contributed by atoms with Gasteiger partial charge in [-0.05, 0) is 41.3 Å². The average Bonchev–Trinajstić information content (AvgIpc) is 2.79. The highest BCUT2D eigenvalue weighted by Gasteiger charge is 2.25. The Bertz CT molecular complexity index is 935. The van der Waals surface area contributed by atoms with Gasteiger partial charge in [-0.15, -0.1) is 0 Å². The van der Waals surface area contributed by atoms with E-state index in [4.69, 9.17) is 4.74 Å². The van der Waals surface area contributed by atoms with E-state index in [9.17, 15) is 5.11 Å². The monoisotopic (exact) mass is 385 g/mol. The predicted octanol–water partition coefficient (Wildman–Crippen LogP) is 5.09. The molecule has 3 heteroatoms. The predicted molar refractivity (Wildman–Crippen MR) is 118 cm³/mol. The summed E-state index contributed by atoms with van der Waals surface area (Å²) < 4.78 is 5.87. The summed E-state index contributed by atoms with van der Waals surface area (Å²) in [6, 6.07) is 28.9. The third-order valence-electron chi connectivity index (χ3n) is 5.58. The van der Waals surface area contributed by atoms with Crippen LogP contribution in [0.5, 0.6) is 5.75 Å². The van der Waals surface area contributed by atoms with Gasteiger partial charge < -0.3 is 9.84 Å². The van der Waals surface area contributed by atoms with Crippen molar-refractivity contribution in [2.45, 2.75) is 25.7 Å². The summed E-state index contributed by atoms with van der Waals surface area (Å²) in [5.41, 5.74) is 4.47. The van der Waals surface area contributed by atoms with Gasteiger partial charge in [0.1, 0.15) is 12.4 Å². The summed E-state index contributed by atoms with van der Waals surface area (Å²) in [6.45, 7) is 4.21.